The van der Waals surface area contributed by atoms with E-state index in [2.05, 4.69) is 0 Å². The van der Waals surface area contributed by atoms with Gasteiger partial charge < -0.3 is 10.2 Å². The molecule has 0 atom stereocenters. The molecule has 0 spiro atoms. The lowest BCUT2D eigenvalue weighted by Crippen LogP contribution is -2.50. The second kappa shape index (κ2) is 6.16. The summed E-state index contributed by atoms with van der Waals surface area (Å²) in [6.07, 6.45) is 0. The maximum Gasteiger partial charge on any atom is 0.153 e. The minimum Gasteiger partial charge on any atom is -0.377 e. The lowest BCUT2D eigenvalue weighted by Gasteiger charge is -2.43. The predicted molar refractivity (Wildman–Crippen MR) is 111 cm³/mol. The van der Waals surface area contributed by atoms with Gasteiger partial charge in [0.25, 0.3) is 0 Å². The van der Waals surface area contributed by atoms with Crippen LogP contribution >= 0.6 is 0 Å². The average Bonchev–Trinajstić information content (AvgIpc) is 3.05. The Bertz CT molecular complexity index is 1050. The first-order valence-electron chi connectivity index (χ1n) is 9.42. The highest BCUT2D eigenvalue weighted by Gasteiger charge is 2.58. The van der Waals surface area contributed by atoms with Crippen molar-refractivity contribution in [2.45, 2.75) is 11.2 Å². The molecule has 4 aromatic rings. The standard InChI is InChI=1S/C26H20O2/c27-25(19-11-3-1-4-12-19,20-13-5-2-6-14-20)26(28)23-17-9-7-15-21(23)22-16-8-10-18-24(22)26/h1-18,27-28H. The minimum atomic E-state index is -1.65. The maximum absolute atomic E-state index is 12.4. The Balaban J connectivity index is 1.91. The molecule has 0 saturated heterocycles. The molecule has 4 aromatic carbocycles. The molecule has 0 unspecified atom stereocenters. The molecule has 2 nitrogen and oxygen atoms in total. The monoisotopic (exact) mass is 364 g/mol. The Morgan fingerprint density at radius 1 is 0.500 bits per heavy atom. The largest absolute Gasteiger partial charge is 0.377 e. The second-order valence-electron chi connectivity index (χ2n) is 7.24. The van der Waals surface area contributed by atoms with Crippen molar-refractivity contribution in [3.63, 3.8) is 0 Å². The second-order valence-corrected chi connectivity index (χ2v) is 7.24. The predicted octanol–water partition coefficient (Wildman–Crippen LogP) is 4.84. The summed E-state index contributed by atoms with van der Waals surface area (Å²) in [6.45, 7) is 0. The molecule has 2 heteroatoms. The van der Waals surface area contributed by atoms with Gasteiger partial charge in [-0.2, -0.15) is 0 Å². The zero-order valence-electron chi connectivity index (χ0n) is 15.3. The highest BCUT2D eigenvalue weighted by Crippen LogP contribution is 2.57. The smallest absolute Gasteiger partial charge is 0.153 e. The van der Waals surface area contributed by atoms with E-state index in [1.54, 1.807) is 0 Å². The third-order valence-corrected chi connectivity index (χ3v) is 5.83. The first-order chi connectivity index (χ1) is 13.7. The average molecular weight is 364 g/mol. The zero-order chi connectivity index (χ0) is 19.2. The molecule has 0 aliphatic heterocycles. The Morgan fingerprint density at radius 2 is 0.857 bits per heavy atom. The van der Waals surface area contributed by atoms with Gasteiger partial charge in [0.1, 0.15) is 0 Å². The molecule has 1 aliphatic rings. The lowest BCUT2D eigenvalue weighted by molar-refractivity contribution is -0.110. The molecule has 0 radical (unpaired) electrons. The van der Waals surface area contributed by atoms with Crippen LogP contribution in [-0.4, -0.2) is 10.2 Å². The van der Waals surface area contributed by atoms with Crippen molar-refractivity contribution < 1.29 is 10.2 Å². The summed E-state index contributed by atoms with van der Waals surface area (Å²) < 4.78 is 0. The molecule has 1 aliphatic carbocycles. The summed E-state index contributed by atoms with van der Waals surface area (Å²) in [7, 11) is 0. The highest BCUT2D eigenvalue weighted by molar-refractivity contribution is 5.81. The van der Waals surface area contributed by atoms with Crippen molar-refractivity contribution >= 4 is 0 Å². The lowest BCUT2D eigenvalue weighted by atomic mass is 9.68. The molecule has 0 aromatic heterocycles. The SMILES string of the molecule is OC(c1ccccc1)(c1ccccc1)C1(O)c2ccccc2-c2ccccc21. The van der Waals surface area contributed by atoms with Crippen molar-refractivity contribution in [3.8, 4) is 11.1 Å². The third kappa shape index (κ3) is 2.10. The van der Waals surface area contributed by atoms with Crippen LogP contribution in [0.4, 0.5) is 0 Å². The Morgan fingerprint density at radius 3 is 1.29 bits per heavy atom. The zero-order valence-corrected chi connectivity index (χ0v) is 15.3. The van der Waals surface area contributed by atoms with Crippen molar-refractivity contribution in [2.24, 2.45) is 0 Å². The van der Waals surface area contributed by atoms with E-state index in [0.717, 1.165) is 11.1 Å². The Hall–Kier alpha value is -3.20. The molecule has 0 bridgehead atoms. The van der Waals surface area contributed by atoms with Crippen LogP contribution in [0.2, 0.25) is 0 Å². The van der Waals surface area contributed by atoms with E-state index < -0.39 is 11.2 Å². The van der Waals surface area contributed by atoms with Crippen LogP contribution < -0.4 is 0 Å². The van der Waals surface area contributed by atoms with E-state index in [1.165, 1.54) is 0 Å². The van der Waals surface area contributed by atoms with Crippen molar-refractivity contribution in [1.29, 1.82) is 0 Å². The van der Waals surface area contributed by atoms with E-state index in [9.17, 15) is 10.2 Å². The summed E-state index contributed by atoms with van der Waals surface area (Å²) in [5.74, 6) is 0. The molecule has 28 heavy (non-hydrogen) atoms. The molecule has 0 heterocycles. The van der Waals surface area contributed by atoms with Gasteiger partial charge in [-0.05, 0) is 33.4 Å². The van der Waals surface area contributed by atoms with E-state index in [-0.39, 0.29) is 0 Å². The highest BCUT2D eigenvalue weighted by atomic mass is 16.4. The van der Waals surface area contributed by atoms with Crippen LogP contribution in [0, 0.1) is 0 Å². The number of benzene rings is 4. The van der Waals surface area contributed by atoms with Gasteiger partial charge in [0.05, 0.1) is 0 Å². The first-order valence-corrected chi connectivity index (χ1v) is 9.42. The van der Waals surface area contributed by atoms with Crippen molar-refractivity contribution in [2.75, 3.05) is 0 Å². The van der Waals surface area contributed by atoms with Crippen LogP contribution in [0.25, 0.3) is 11.1 Å². The number of aliphatic hydroxyl groups is 2. The van der Waals surface area contributed by atoms with Gasteiger partial charge in [0.2, 0.25) is 0 Å². The Kier molecular flexibility index (Phi) is 3.73. The van der Waals surface area contributed by atoms with Gasteiger partial charge in [-0.1, -0.05) is 109 Å². The number of hydrogen-bond donors (Lipinski definition) is 2. The molecular weight excluding hydrogens is 344 g/mol. The summed E-state index contributed by atoms with van der Waals surface area (Å²) in [4.78, 5) is 0. The van der Waals surface area contributed by atoms with E-state index in [4.69, 9.17) is 0 Å². The number of fused-ring (bicyclic) bond motifs is 3. The Labute approximate surface area is 164 Å². The summed E-state index contributed by atoms with van der Waals surface area (Å²) in [5, 5.41) is 24.7. The molecule has 0 fully saturated rings. The van der Waals surface area contributed by atoms with E-state index >= 15 is 0 Å². The van der Waals surface area contributed by atoms with Gasteiger partial charge in [-0.3, -0.25) is 0 Å². The van der Waals surface area contributed by atoms with Crippen molar-refractivity contribution in [3.05, 3.63) is 131 Å². The molecular formula is C26H20O2. The fourth-order valence-electron chi connectivity index (χ4n) is 4.54. The fourth-order valence-corrected chi connectivity index (χ4v) is 4.54. The van der Waals surface area contributed by atoms with Gasteiger partial charge in [-0.15, -0.1) is 0 Å². The summed E-state index contributed by atoms with van der Waals surface area (Å²) in [6, 6.07) is 34.4. The first kappa shape index (κ1) is 16.9. The molecule has 0 saturated carbocycles. The van der Waals surface area contributed by atoms with Gasteiger partial charge in [0, 0.05) is 0 Å². The van der Waals surface area contributed by atoms with E-state index in [0.29, 0.717) is 22.3 Å². The molecule has 0 amide bonds. The van der Waals surface area contributed by atoms with Crippen LogP contribution in [0.1, 0.15) is 22.3 Å². The van der Waals surface area contributed by atoms with Crippen LogP contribution in [0.3, 0.4) is 0 Å². The van der Waals surface area contributed by atoms with Crippen LogP contribution in [0.5, 0.6) is 0 Å². The molecule has 2 N–H and O–H groups in total. The normalized spacial score (nSPS) is 14.4. The fraction of sp³-hybridized carbons (Fsp3) is 0.0769. The maximum atomic E-state index is 12.4. The number of hydrogen-bond acceptors (Lipinski definition) is 2. The van der Waals surface area contributed by atoms with Crippen LogP contribution in [0.15, 0.2) is 109 Å². The topological polar surface area (TPSA) is 40.5 Å². The quantitative estimate of drug-likeness (QED) is 0.546. The summed E-state index contributed by atoms with van der Waals surface area (Å²) in [5.41, 5.74) is 1.35. The number of rotatable bonds is 3. The van der Waals surface area contributed by atoms with Gasteiger partial charge in [0.15, 0.2) is 11.2 Å². The van der Waals surface area contributed by atoms with Gasteiger partial charge >= 0.3 is 0 Å². The minimum absolute atomic E-state index is 0.648. The molecule has 5 rings (SSSR count). The third-order valence-electron chi connectivity index (χ3n) is 5.83. The summed E-state index contributed by atoms with van der Waals surface area (Å²) >= 11 is 0. The van der Waals surface area contributed by atoms with Crippen LogP contribution in [-0.2, 0) is 11.2 Å². The molecule has 136 valence electrons. The van der Waals surface area contributed by atoms with E-state index in [1.807, 2.05) is 109 Å². The van der Waals surface area contributed by atoms with Crippen molar-refractivity contribution in [1.82, 2.24) is 0 Å². The van der Waals surface area contributed by atoms with Gasteiger partial charge in [-0.25, -0.2) is 0 Å².